The molecule has 0 aliphatic carbocycles. The number of aromatic nitrogens is 3. The van der Waals surface area contributed by atoms with Gasteiger partial charge in [0.15, 0.2) is 9.84 Å². The lowest BCUT2D eigenvalue weighted by Crippen LogP contribution is -2.25. The molecule has 0 aliphatic rings. The van der Waals surface area contributed by atoms with E-state index in [1.54, 1.807) is 33.5 Å². The van der Waals surface area contributed by atoms with Gasteiger partial charge in [-0.15, -0.1) is 0 Å². The monoisotopic (exact) mass is 621 g/mol. The Morgan fingerprint density at radius 2 is 1.42 bits per heavy atom. The van der Waals surface area contributed by atoms with Crippen LogP contribution < -0.4 is 5.69 Å². The minimum absolute atomic E-state index is 0.0309. The van der Waals surface area contributed by atoms with Crippen LogP contribution in [0.3, 0.4) is 0 Å². The Hall–Kier alpha value is -4.23. The Bertz CT molecular complexity index is 1910. The van der Waals surface area contributed by atoms with Crippen molar-refractivity contribution in [1.29, 1.82) is 0 Å². The van der Waals surface area contributed by atoms with E-state index in [1.165, 1.54) is 11.1 Å². The maximum atomic E-state index is 13.1. The van der Waals surface area contributed by atoms with Crippen LogP contribution in [-0.4, -0.2) is 22.8 Å². The second-order valence-electron chi connectivity index (χ2n) is 12.8. The highest BCUT2D eigenvalue weighted by Gasteiger charge is 2.18. The SMILES string of the molecule is CCn1c(CCCc2ccc(-c3ccc(C)c(CS(=O)(=O)c4ccccc4)c3)cc2)nn(Cc2ccc(C(C)(C)C)cc2)c1=O. The van der Waals surface area contributed by atoms with Crippen molar-refractivity contribution in [2.24, 2.45) is 0 Å². The number of nitrogens with zero attached hydrogens (tertiary/aromatic N) is 3. The number of rotatable bonds is 11. The zero-order valence-electron chi connectivity index (χ0n) is 27.0. The van der Waals surface area contributed by atoms with Gasteiger partial charge in [0.2, 0.25) is 0 Å². The lowest BCUT2D eigenvalue weighted by atomic mass is 9.87. The summed E-state index contributed by atoms with van der Waals surface area (Å²) in [7, 11) is -3.43. The van der Waals surface area contributed by atoms with Crippen molar-refractivity contribution in [2.75, 3.05) is 0 Å². The maximum absolute atomic E-state index is 13.1. The summed E-state index contributed by atoms with van der Waals surface area (Å²) in [5.74, 6) is 0.791. The van der Waals surface area contributed by atoms with Crippen molar-refractivity contribution in [3.63, 3.8) is 0 Å². The predicted octanol–water partition coefficient (Wildman–Crippen LogP) is 7.54. The van der Waals surface area contributed by atoms with Gasteiger partial charge in [-0.3, -0.25) is 4.57 Å². The van der Waals surface area contributed by atoms with Gasteiger partial charge in [0.25, 0.3) is 0 Å². The van der Waals surface area contributed by atoms with Crippen molar-refractivity contribution < 1.29 is 8.42 Å². The molecule has 1 aromatic heterocycles. The lowest BCUT2D eigenvalue weighted by Gasteiger charge is -2.19. The third-order valence-electron chi connectivity index (χ3n) is 8.42. The van der Waals surface area contributed by atoms with Crippen molar-refractivity contribution in [2.45, 2.75) is 83.0 Å². The van der Waals surface area contributed by atoms with Gasteiger partial charge >= 0.3 is 5.69 Å². The van der Waals surface area contributed by atoms with Crippen molar-refractivity contribution in [1.82, 2.24) is 14.3 Å². The molecule has 4 aromatic carbocycles. The molecule has 0 N–H and O–H groups in total. The van der Waals surface area contributed by atoms with Gasteiger partial charge in [-0.05, 0) is 89.2 Å². The highest BCUT2D eigenvalue weighted by atomic mass is 32.2. The average molecular weight is 622 g/mol. The molecule has 0 bridgehead atoms. The predicted molar refractivity (Wildman–Crippen MR) is 182 cm³/mol. The normalized spacial score (nSPS) is 12.0. The largest absolute Gasteiger partial charge is 0.346 e. The molecule has 0 aliphatic heterocycles. The molecule has 45 heavy (non-hydrogen) atoms. The first-order chi connectivity index (χ1) is 21.4. The van der Waals surface area contributed by atoms with Crippen LogP contribution in [0.2, 0.25) is 0 Å². The van der Waals surface area contributed by atoms with Crippen LogP contribution in [0.5, 0.6) is 0 Å². The molecule has 0 saturated carbocycles. The standard InChI is InChI=1S/C38H43N3O3S/c1-6-40-36(39-41(37(40)42)26-30-18-23-34(24-19-30)38(3,4)5)14-10-11-29-16-21-31(22-17-29)32-20-15-28(2)33(25-32)27-45(43,44)35-12-8-7-9-13-35/h7-9,12-13,15-25H,6,10-11,14,26-27H2,1-5H3. The van der Waals surface area contributed by atoms with E-state index in [2.05, 4.69) is 69.3 Å². The van der Waals surface area contributed by atoms with Crippen LogP contribution in [0.4, 0.5) is 0 Å². The molecule has 0 radical (unpaired) electrons. The number of hydrogen-bond donors (Lipinski definition) is 0. The fraction of sp³-hybridized carbons (Fsp3) is 0.316. The van der Waals surface area contributed by atoms with Gasteiger partial charge in [-0.1, -0.05) is 99.6 Å². The smallest absolute Gasteiger partial charge is 0.279 e. The number of aryl methyl sites for hydroxylation is 3. The third-order valence-corrected chi connectivity index (χ3v) is 10.1. The van der Waals surface area contributed by atoms with E-state index in [9.17, 15) is 13.2 Å². The number of benzene rings is 4. The van der Waals surface area contributed by atoms with E-state index >= 15 is 0 Å². The first kappa shape index (κ1) is 32.2. The summed E-state index contributed by atoms with van der Waals surface area (Å²) in [6.45, 7) is 11.6. The fourth-order valence-corrected chi connectivity index (χ4v) is 7.07. The minimum atomic E-state index is -3.43. The van der Waals surface area contributed by atoms with Crippen molar-refractivity contribution >= 4 is 9.84 Å². The van der Waals surface area contributed by atoms with E-state index in [4.69, 9.17) is 5.10 Å². The minimum Gasteiger partial charge on any atom is -0.279 e. The van der Waals surface area contributed by atoms with Gasteiger partial charge in [-0.25, -0.2) is 17.9 Å². The second-order valence-corrected chi connectivity index (χ2v) is 14.8. The molecule has 1 heterocycles. The van der Waals surface area contributed by atoms with Crippen molar-refractivity contribution in [3.05, 3.63) is 141 Å². The van der Waals surface area contributed by atoms with E-state index in [1.807, 2.05) is 38.1 Å². The molecular formula is C38H43N3O3S. The van der Waals surface area contributed by atoms with Crippen molar-refractivity contribution in [3.8, 4) is 11.1 Å². The Labute approximate surface area is 267 Å². The molecule has 234 valence electrons. The molecular weight excluding hydrogens is 579 g/mol. The first-order valence-electron chi connectivity index (χ1n) is 15.7. The topological polar surface area (TPSA) is 74.0 Å². The Balaban J connectivity index is 1.22. The summed E-state index contributed by atoms with van der Waals surface area (Å²) in [4.78, 5) is 13.4. The van der Waals surface area contributed by atoms with Crippen LogP contribution in [0.15, 0.2) is 107 Å². The molecule has 0 amide bonds. The van der Waals surface area contributed by atoms with Crippen LogP contribution in [-0.2, 0) is 46.9 Å². The zero-order valence-corrected chi connectivity index (χ0v) is 27.8. The zero-order chi connectivity index (χ0) is 32.2. The highest BCUT2D eigenvalue weighted by Crippen LogP contribution is 2.26. The van der Waals surface area contributed by atoms with E-state index in [-0.39, 0.29) is 16.9 Å². The quantitative estimate of drug-likeness (QED) is 0.153. The van der Waals surface area contributed by atoms with Gasteiger partial charge in [-0.2, -0.15) is 5.10 Å². The molecule has 0 spiro atoms. The van der Waals surface area contributed by atoms with E-state index < -0.39 is 9.84 Å². The summed E-state index contributed by atoms with van der Waals surface area (Å²) in [6.07, 6.45) is 2.47. The summed E-state index contributed by atoms with van der Waals surface area (Å²) < 4.78 is 29.4. The molecule has 6 nitrogen and oxygen atoms in total. The fourth-order valence-electron chi connectivity index (χ4n) is 5.61. The van der Waals surface area contributed by atoms with Gasteiger partial charge < -0.3 is 0 Å². The van der Waals surface area contributed by atoms with Gasteiger partial charge in [0.05, 0.1) is 17.2 Å². The van der Waals surface area contributed by atoms with Crippen LogP contribution in [0, 0.1) is 6.92 Å². The highest BCUT2D eigenvalue weighted by molar-refractivity contribution is 7.90. The average Bonchev–Trinajstić information content (AvgIpc) is 3.32. The second kappa shape index (κ2) is 13.4. The van der Waals surface area contributed by atoms with Gasteiger partial charge in [0, 0.05) is 13.0 Å². The number of sulfone groups is 1. The van der Waals surface area contributed by atoms with Gasteiger partial charge in [0.1, 0.15) is 5.82 Å². The molecule has 0 atom stereocenters. The van der Waals surface area contributed by atoms with Crippen LogP contribution in [0.25, 0.3) is 11.1 Å². The molecule has 5 aromatic rings. The first-order valence-corrected chi connectivity index (χ1v) is 17.3. The van der Waals surface area contributed by atoms with E-state index in [0.717, 1.165) is 52.9 Å². The Morgan fingerprint density at radius 3 is 2.07 bits per heavy atom. The molecule has 5 rings (SSSR count). The summed E-state index contributed by atoms with van der Waals surface area (Å²) in [5.41, 5.74) is 7.38. The lowest BCUT2D eigenvalue weighted by molar-refractivity contribution is 0.588. The summed E-state index contributed by atoms with van der Waals surface area (Å²) >= 11 is 0. The summed E-state index contributed by atoms with van der Waals surface area (Å²) in [6, 6.07) is 31.5. The molecule has 0 fully saturated rings. The Morgan fingerprint density at radius 1 is 0.778 bits per heavy atom. The molecule has 0 unspecified atom stereocenters. The molecule has 7 heteroatoms. The Kier molecular flexibility index (Phi) is 9.59. The van der Waals surface area contributed by atoms with Crippen LogP contribution >= 0.6 is 0 Å². The van der Waals surface area contributed by atoms with E-state index in [0.29, 0.717) is 18.0 Å². The third kappa shape index (κ3) is 7.71. The number of hydrogen-bond acceptors (Lipinski definition) is 4. The molecule has 0 saturated heterocycles. The maximum Gasteiger partial charge on any atom is 0.346 e. The van der Waals surface area contributed by atoms with Crippen LogP contribution in [0.1, 0.15) is 67.8 Å². The summed E-state index contributed by atoms with van der Waals surface area (Å²) in [5, 5.41) is 4.72.